The lowest BCUT2D eigenvalue weighted by Gasteiger charge is -2.05. The molecule has 2 N–H and O–H groups in total. The Balaban J connectivity index is 2.30. The van der Waals surface area contributed by atoms with E-state index >= 15 is 0 Å². The average molecular weight is 232 g/mol. The van der Waals surface area contributed by atoms with Gasteiger partial charge in [-0.2, -0.15) is 0 Å². The van der Waals surface area contributed by atoms with Crippen LogP contribution in [0.4, 0.5) is 4.79 Å². The molecule has 1 aromatic carbocycles. The zero-order valence-corrected chi connectivity index (χ0v) is 9.53. The molecule has 5 heteroatoms. The van der Waals surface area contributed by atoms with Gasteiger partial charge in [0.25, 0.3) is 5.91 Å². The number of carbonyl (C=O) groups excluding carboxylic acids is 2. The van der Waals surface area contributed by atoms with Gasteiger partial charge in [-0.05, 0) is 36.3 Å². The number of rotatable bonds is 2. The SMILES string of the molecule is COc1ccc(/C=C2/NC(=O)NC2=O)cc1C. The molecule has 0 atom stereocenters. The van der Waals surface area contributed by atoms with Gasteiger partial charge in [-0.1, -0.05) is 6.07 Å². The fourth-order valence-corrected chi connectivity index (χ4v) is 1.64. The second kappa shape index (κ2) is 4.29. The smallest absolute Gasteiger partial charge is 0.326 e. The maximum atomic E-state index is 11.3. The Hall–Kier alpha value is -2.30. The van der Waals surface area contributed by atoms with Crippen molar-refractivity contribution in [1.82, 2.24) is 10.6 Å². The predicted molar refractivity (Wildman–Crippen MR) is 62.4 cm³/mol. The van der Waals surface area contributed by atoms with Crippen LogP contribution in [0.25, 0.3) is 6.08 Å². The average Bonchev–Trinajstić information content (AvgIpc) is 2.58. The predicted octanol–water partition coefficient (Wildman–Crippen LogP) is 1.18. The molecule has 0 radical (unpaired) electrons. The highest BCUT2D eigenvalue weighted by Crippen LogP contribution is 2.20. The number of imide groups is 1. The molecular weight excluding hydrogens is 220 g/mol. The topological polar surface area (TPSA) is 67.4 Å². The third-order valence-electron chi connectivity index (χ3n) is 2.45. The molecule has 1 fully saturated rings. The molecule has 0 spiro atoms. The van der Waals surface area contributed by atoms with Crippen LogP contribution < -0.4 is 15.4 Å². The lowest BCUT2D eigenvalue weighted by atomic mass is 10.1. The first-order chi connectivity index (χ1) is 8.10. The molecule has 0 aromatic heterocycles. The van der Waals surface area contributed by atoms with E-state index in [2.05, 4.69) is 10.6 Å². The zero-order chi connectivity index (χ0) is 12.4. The van der Waals surface area contributed by atoms with Gasteiger partial charge in [0.2, 0.25) is 0 Å². The van der Waals surface area contributed by atoms with E-state index in [1.165, 1.54) is 0 Å². The Morgan fingerprint density at radius 2 is 2.00 bits per heavy atom. The summed E-state index contributed by atoms with van der Waals surface area (Å²) in [5.41, 5.74) is 2.04. The highest BCUT2D eigenvalue weighted by molar-refractivity contribution is 6.13. The van der Waals surface area contributed by atoms with Crippen molar-refractivity contribution < 1.29 is 14.3 Å². The number of hydrogen-bond donors (Lipinski definition) is 2. The molecule has 1 heterocycles. The molecule has 0 aliphatic carbocycles. The monoisotopic (exact) mass is 232 g/mol. The minimum Gasteiger partial charge on any atom is -0.496 e. The standard InChI is InChI=1S/C12H12N2O3/c1-7-5-8(3-4-10(7)17-2)6-9-11(15)14-12(16)13-9/h3-6H,1-2H3,(H2,13,14,15,16)/b9-6+. The van der Waals surface area contributed by atoms with Gasteiger partial charge < -0.3 is 10.1 Å². The molecule has 0 saturated carbocycles. The minimum atomic E-state index is -0.494. The summed E-state index contributed by atoms with van der Waals surface area (Å²) in [5.74, 6) is 0.371. The molecule has 1 saturated heterocycles. The lowest BCUT2D eigenvalue weighted by Crippen LogP contribution is -2.22. The largest absolute Gasteiger partial charge is 0.496 e. The minimum absolute atomic E-state index is 0.250. The maximum Gasteiger partial charge on any atom is 0.326 e. The summed E-state index contributed by atoms with van der Waals surface area (Å²) < 4.78 is 5.14. The first-order valence-corrected chi connectivity index (χ1v) is 5.09. The van der Waals surface area contributed by atoms with E-state index in [0.29, 0.717) is 0 Å². The molecular formula is C12H12N2O3. The molecule has 1 aliphatic rings. The van der Waals surface area contributed by atoms with E-state index in [1.54, 1.807) is 13.2 Å². The number of ether oxygens (including phenoxy) is 1. The Morgan fingerprint density at radius 3 is 2.53 bits per heavy atom. The van der Waals surface area contributed by atoms with Gasteiger partial charge in [-0.25, -0.2) is 4.79 Å². The first-order valence-electron chi connectivity index (χ1n) is 5.09. The van der Waals surface area contributed by atoms with Crippen LogP contribution in [0.1, 0.15) is 11.1 Å². The number of nitrogens with one attached hydrogen (secondary N) is 2. The van der Waals surface area contributed by atoms with Crippen LogP contribution in [0.15, 0.2) is 23.9 Å². The van der Waals surface area contributed by atoms with Crippen molar-refractivity contribution in [1.29, 1.82) is 0 Å². The van der Waals surface area contributed by atoms with Crippen molar-refractivity contribution in [2.45, 2.75) is 6.92 Å². The maximum absolute atomic E-state index is 11.3. The van der Waals surface area contributed by atoms with Gasteiger partial charge in [-0.15, -0.1) is 0 Å². The summed E-state index contributed by atoms with van der Waals surface area (Å²) in [6, 6.07) is 5.02. The van der Waals surface area contributed by atoms with E-state index in [0.717, 1.165) is 16.9 Å². The highest BCUT2D eigenvalue weighted by Gasteiger charge is 2.22. The van der Waals surface area contributed by atoms with E-state index in [4.69, 9.17) is 4.74 Å². The number of benzene rings is 1. The number of aryl methyl sites for hydroxylation is 1. The molecule has 88 valence electrons. The molecule has 0 unspecified atom stereocenters. The van der Waals surface area contributed by atoms with Gasteiger partial charge >= 0.3 is 6.03 Å². The fraction of sp³-hybridized carbons (Fsp3) is 0.167. The summed E-state index contributed by atoms with van der Waals surface area (Å²) in [5, 5.41) is 4.57. The Morgan fingerprint density at radius 1 is 1.24 bits per heavy atom. The normalized spacial score (nSPS) is 16.9. The first kappa shape index (κ1) is 11.2. The fourth-order valence-electron chi connectivity index (χ4n) is 1.64. The van der Waals surface area contributed by atoms with E-state index in [9.17, 15) is 9.59 Å². The molecule has 2 rings (SSSR count). The number of carbonyl (C=O) groups is 2. The molecule has 3 amide bonds. The molecule has 5 nitrogen and oxygen atoms in total. The van der Waals surface area contributed by atoms with Crippen molar-refractivity contribution in [2.24, 2.45) is 0 Å². The van der Waals surface area contributed by atoms with Crippen molar-refractivity contribution in [2.75, 3.05) is 7.11 Å². The van der Waals surface area contributed by atoms with Crippen molar-refractivity contribution in [3.8, 4) is 5.75 Å². The van der Waals surface area contributed by atoms with Gasteiger partial charge in [0, 0.05) is 0 Å². The van der Waals surface area contributed by atoms with Gasteiger partial charge in [0.05, 0.1) is 7.11 Å². The van der Waals surface area contributed by atoms with E-state index in [1.807, 2.05) is 25.1 Å². The summed E-state index contributed by atoms with van der Waals surface area (Å²) in [6.45, 7) is 1.91. The molecule has 0 bridgehead atoms. The number of hydrogen-bond acceptors (Lipinski definition) is 3. The van der Waals surface area contributed by atoms with E-state index in [-0.39, 0.29) is 5.70 Å². The van der Waals surface area contributed by atoms with Crippen LogP contribution >= 0.6 is 0 Å². The number of urea groups is 1. The third kappa shape index (κ3) is 2.28. The van der Waals surface area contributed by atoms with Crippen LogP contribution in [0.3, 0.4) is 0 Å². The van der Waals surface area contributed by atoms with Crippen LogP contribution in [0.2, 0.25) is 0 Å². The van der Waals surface area contributed by atoms with Crippen molar-refractivity contribution in [3.05, 3.63) is 35.0 Å². The van der Waals surface area contributed by atoms with Gasteiger partial charge in [0.1, 0.15) is 11.4 Å². The molecule has 17 heavy (non-hydrogen) atoms. The van der Waals surface area contributed by atoms with E-state index < -0.39 is 11.9 Å². The summed E-state index contributed by atoms with van der Waals surface area (Å²) >= 11 is 0. The molecule has 1 aliphatic heterocycles. The summed E-state index contributed by atoms with van der Waals surface area (Å²) in [4.78, 5) is 22.2. The van der Waals surface area contributed by atoms with Crippen LogP contribution in [0, 0.1) is 6.92 Å². The second-order valence-corrected chi connectivity index (χ2v) is 3.70. The zero-order valence-electron chi connectivity index (χ0n) is 9.53. The Bertz CT molecular complexity index is 520. The lowest BCUT2D eigenvalue weighted by molar-refractivity contribution is -0.115. The van der Waals surface area contributed by atoms with Crippen molar-refractivity contribution in [3.63, 3.8) is 0 Å². The summed E-state index contributed by atoms with van der Waals surface area (Å²) in [6.07, 6.45) is 1.62. The van der Waals surface area contributed by atoms with Crippen molar-refractivity contribution >= 4 is 18.0 Å². The van der Waals surface area contributed by atoms with Crippen LogP contribution in [0.5, 0.6) is 5.75 Å². The second-order valence-electron chi connectivity index (χ2n) is 3.70. The van der Waals surface area contributed by atoms with Gasteiger partial charge in [0.15, 0.2) is 0 Å². The highest BCUT2D eigenvalue weighted by atomic mass is 16.5. The molecule has 1 aromatic rings. The van der Waals surface area contributed by atoms with Crippen LogP contribution in [-0.4, -0.2) is 19.0 Å². The third-order valence-corrected chi connectivity index (χ3v) is 2.45. The number of amides is 3. The Kier molecular flexibility index (Phi) is 2.82. The quantitative estimate of drug-likeness (QED) is 0.594. The van der Waals surface area contributed by atoms with Crippen LogP contribution in [-0.2, 0) is 4.79 Å². The Labute approximate surface area is 98.5 Å². The van der Waals surface area contributed by atoms with Gasteiger partial charge in [-0.3, -0.25) is 10.1 Å². The summed E-state index contributed by atoms with van der Waals surface area (Å²) in [7, 11) is 1.60. The number of methoxy groups -OCH3 is 1.